The third kappa shape index (κ3) is 5.31. The maximum atomic E-state index is 12.8. The summed E-state index contributed by atoms with van der Waals surface area (Å²) in [7, 11) is 0. The minimum absolute atomic E-state index is 0.187. The Kier molecular flexibility index (Phi) is 7.12. The lowest BCUT2D eigenvalue weighted by atomic mass is 10.2. The fourth-order valence-electron chi connectivity index (χ4n) is 3.87. The van der Waals surface area contributed by atoms with Crippen molar-refractivity contribution in [2.24, 2.45) is 0 Å². The van der Waals surface area contributed by atoms with Crippen molar-refractivity contribution in [3.05, 3.63) is 75.6 Å². The van der Waals surface area contributed by atoms with E-state index in [1.165, 1.54) is 42.7 Å². The lowest BCUT2D eigenvalue weighted by Crippen LogP contribution is -2.23. The Balaban J connectivity index is 1.41. The molecule has 32 heavy (non-hydrogen) atoms. The van der Waals surface area contributed by atoms with E-state index in [2.05, 4.69) is 27.7 Å². The molecule has 0 bridgehead atoms. The van der Waals surface area contributed by atoms with Crippen LogP contribution in [-0.4, -0.2) is 24.9 Å². The zero-order valence-corrected chi connectivity index (χ0v) is 19.6. The largest absolute Gasteiger partial charge is 0.372 e. The molecule has 1 fully saturated rings. The summed E-state index contributed by atoms with van der Waals surface area (Å²) in [5, 5.41) is 6.80. The Morgan fingerprint density at radius 3 is 2.28 bits per heavy atom. The summed E-state index contributed by atoms with van der Waals surface area (Å²) in [6.07, 6.45) is 5.05. The highest BCUT2D eigenvalue weighted by Gasteiger charge is 2.17. The zero-order valence-electron chi connectivity index (χ0n) is 18.0. The van der Waals surface area contributed by atoms with Gasteiger partial charge in [-0.1, -0.05) is 36.6 Å². The molecule has 166 valence electrons. The van der Waals surface area contributed by atoms with Crippen molar-refractivity contribution in [2.75, 3.05) is 28.6 Å². The second-order valence-electron chi connectivity index (χ2n) is 7.96. The maximum Gasteiger partial charge on any atom is 0.266 e. The second kappa shape index (κ2) is 10.2. The van der Waals surface area contributed by atoms with Crippen molar-refractivity contribution >= 4 is 51.1 Å². The van der Waals surface area contributed by atoms with Gasteiger partial charge in [0.2, 0.25) is 0 Å². The van der Waals surface area contributed by atoms with Crippen molar-refractivity contribution in [1.29, 1.82) is 0 Å². The molecular formula is C25H26ClN3O2S. The monoisotopic (exact) mass is 467 g/mol. The summed E-state index contributed by atoms with van der Waals surface area (Å²) in [5.41, 5.74) is 3.16. The van der Waals surface area contributed by atoms with Gasteiger partial charge in [-0.05, 0) is 67.8 Å². The van der Waals surface area contributed by atoms with E-state index in [-0.39, 0.29) is 11.8 Å². The Morgan fingerprint density at radius 2 is 1.59 bits per heavy atom. The van der Waals surface area contributed by atoms with Crippen molar-refractivity contribution in [3.8, 4) is 0 Å². The Hall–Kier alpha value is -2.83. The average Bonchev–Trinajstić information content (AvgIpc) is 2.98. The normalized spacial score (nSPS) is 14.0. The number of anilines is 3. The molecule has 2 aromatic carbocycles. The van der Waals surface area contributed by atoms with E-state index in [0.717, 1.165) is 24.3 Å². The Bertz CT molecular complexity index is 1100. The topological polar surface area (TPSA) is 61.4 Å². The molecule has 3 aromatic rings. The van der Waals surface area contributed by atoms with Gasteiger partial charge in [-0.25, -0.2) is 0 Å². The fourth-order valence-corrected chi connectivity index (χ4v) is 5.05. The van der Waals surface area contributed by atoms with E-state index in [1.54, 1.807) is 30.3 Å². The van der Waals surface area contributed by atoms with Gasteiger partial charge < -0.3 is 15.5 Å². The van der Waals surface area contributed by atoms with E-state index >= 15 is 0 Å². The number of benzene rings is 2. The Labute approximate surface area is 197 Å². The molecule has 0 atom stereocenters. The lowest BCUT2D eigenvalue weighted by molar-refractivity contribution is 0.102. The molecule has 5 nitrogen and oxygen atoms in total. The number of aryl methyl sites for hydroxylation is 1. The molecule has 0 unspecified atom stereocenters. The number of carbonyl (C=O) groups is 2. The van der Waals surface area contributed by atoms with Gasteiger partial charge in [0.25, 0.3) is 11.8 Å². The van der Waals surface area contributed by atoms with Crippen LogP contribution in [0, 0.1) is 6.92 Å². The SMILES string of the molecule is Cc1cc(NC(=O)c2ccccc2Cl)sc1C(=O)Nc1ccc(N2CCCCCC2)cc1. The maximum absolute atomic E-state index is 12.8. The molecule has 2 heterocycles. The van der Waals surface area contributed by atoms with Crippen LogP contribution in [0.25, 0.3) is 0 Å². The van der Waals surface area contributed by atoms with E-state index in [4.69, 9.17) is 11.6 Å². The second-order valence-corrected chi connectivity index (χ2v) is 9.42. The molecule has 1 aliphatic rings. The van der Waals surface area contributed by atoms with Crippen molar-refractivity contribution in [2.45, 2.75) is 32.6 Å². The Morgan fingerprint density at radius 1 is 0.906 bits per heavy atom. The smallest absolute Gasteiger partial charge is 0.266 e. The number of halogens is 1. The van der Waals surface area contributed by atoms with Gasteiger partial charge in [0, 0.05) is 24.5 Å². The van der Waals surface area contributed by atoms with Crippen LogP contribution < -0.4 is 15.5 Å². The van der Waals surface area contributed by atoms with Crippen LogP contribution in [0.4, 0.5) is 16.4 Å². The molecule has 0 radical (unpaired) electrons. The number of rotatable bonds is 5. The van der Waals surface area contributed by atoms with Crippen molar-refractivity contribution < 1.29 is 9.59 Å². The minimum atomic E-state index is -0.298. The number of thiophene rings is 1. The van der Waals surface area contributed by atoms with Gasteiger partial charge in [-0.2, -0.15) is 0 Å². The van der Waals surface area contributed by atoms with Gasteiger partial charge in [0.05, 0.1) is 20.5 Å². The molecule has 0 aliphatic carbocycles. The third-order valence-electron chi connectivity index (χ3n) is 5.58. The number of hydrogen-bond acceptors (Lipinski definition) is 4. The molecule has 2 amide bonds. The van der Waals surface area contributed by atoms with Gasteiger partial charge in [0.1, 0.15) is 0 Å². The van der Waals surface area contributed by atoms with Crippen LogP contribution in [0.15, 0.2) is 54.6 Å². The first-order valence-corrected chi connectivity index (χ1v) is 12.0. The van der Waals surface area contributed by atoms with Crippen LogP contribution in [0.1, 0.15) is 51.3 Å². The number of amides is 2. The average molecular weight is 468 g/mol. The van der Waals surface area contributed by atoms with Gasteiger partial charge >= 0.3 is 0 Å². The molecule has 7 heteroatoms. The first-order chi connectivity index (χ1) is 15.5. The molecule has 1 aliphatic heterocycles. The predicted octanol–water partition coefficient (Wildman–Crippen LogP) is 6.59. The molecule has 1 saturated heterocycles. The van der Waals surface area contributed by atoms with Crippen LogP contribution in [0.3, 0.4) is 0 Å². The molecule has 4 rings (SSSR count). The van der Waals surface area contributed by atoms with E-state index in [1.807, 2.05) is 19.1 Å². The number of nitrogens with one attached hydrogen (secondary N) is 2. The van der Waals surface area contributed by atoms with Crippen LogP contribution in [0.2, 0.25) is 5.02 Å². The van der Waals surface area contributed by atoms with Crippen LogP contribution >= 0.6 is 22.9 Å². The fraction of sp³-hybridized carbons (Fsp3) is 0.280. The summed E-state index contributed by atoms with van der Waals surface area (Å²) >= 11 is 7.36. The summed E-state index contributed by atoms with van der Waals surface area (Å²) in [5.74, 6) is -0.485. The van der Waals surface area contributed by atoms with Gasteiger partial charge in [0.15, 0.2) is 0 Å². The van der Waals surface area contributed by atoms with Gasteiger partial charge in [-0.3, -0.25) is 9.59 Å². The van der Waals surface area contributed by atoms with Gasteiger partial charge in [-0.15, -0.1) is 11.3 Å². The first kappa shape index (κ1) is 22.4. The first-order valence-electron chi connectivity index (χ1n) is 10.8. The highest BCUT2D eigenvalue weighted by molar-refractivity contribution is 7.18. The third-order valence-corrected chi connectivity index (χ3v) is 7.06. The highest BCUT2D eigenvalue weighted by Crippen LogP contribution is 2.29. The standard InChI is InChI=1S/C25H26ClN3O2S/c1-17-16-22(28-24(30)20-8-4-5-9-21(20)26)32-23(17)25(31)27-18-10-12-19(13-11-18)29-14-6-2-3-7-15-29/h4-5,8-13,16H,2-3,6-7,14-15H2,1H3,(H,27,31)(H,28,30). The van der Waals surface area contributed by atoms with E-state index in [9.17, 15) is 9.59 Å². The summed E-state index contributed by atoms with van der Waals surface area (Å²) in [6, 6.07) is 16.7. The minimum Gasteiger partial charge on any atom is -0.372 e. The molecule has 0 saturated carbocycles. The van der Waals surface area contributed by atoms with E-state index in [0.29, 0.717) is 20.5 Å². The lowest BCUT2D eigenvalue weighted by Gasteiger charge is -2.22. The van der Waals surface area contributed by atoms with Crippen LogP contribution in [0.5, 0.6) is 0 Å². The molecule has 1 aromatic heterocycles. The van der Waals surface area contributed by atoms with Crippen LogP contribution in [-0.2, 0) is 0 Å². The number of hydrogen-bond donors (Lipinski definition) is 2. The summed E-state index contributed by atoms with van der Waals surface area (Å²) in [6.45, 7) is 4.03. The molecule has 0 spiro atoms. The summed E-state index contributed by atoms with van der Waals surface area (Å²) in [4.78, 5) is 28.3. The molecule has 2 N–H and O–H groups in total. The quantitative estimate of drug-likeness (QED) is 0.444. The number of nitrogens with zero attached hydrogens (tertiary/aromatic N) is 1. The van der Waals surface area contributed by atoms with Crippen molar-refractivity contribution in [3.63, 3.8) is 0 Å². The molecular weight excluding hydrogens is 442 g/mol. The zero-order chi connectivity index (χ0) is 22.5. The van der Waals surface area contributed by atoms with Crippen molar-refractivity contribution in [1.82, 2.24) is 0 Å². The summed E-state index contributed by atoms with van der Waals surface area (Å²) < 4.78 is 0. The number of carbonyl (C=O) groups excluding carboxylic acids is 2. The van der Waals surface area contributed by atoms with E-state index < -0.39 is 0 Å². The highest BCUT2D eigenvalue weighted by atomic mass is 35.5. The predicted molar refractivity (Wildman–Crippen MR) is 134 cm³/mol.